The molecule has 112 valence electrons. The van der Waals surface area contributed by atoms with Gasteiger partial charge in [0.05, 0.1) is 0 Å². The number of halogens is 2. The van der Waals surface area contributed by atoms with Crippen molar-refractivity contribution < 1.29 is 0 Å². The van der Waals surface area contributed by atoms with Gasteiger partial charge in [-0.1, -0.05) is 30.1 Å². The van der Waals surface area contributed by atoms with E-state index in [9.17, 15) is 0 Å². The lowest BCUT2D eigenvalue weighted by Gasteiger charge is -2.30. The van der Waals surface area contributed by atoms with Crippen LogP contribution in [0.15, 0.2) is 42.7 Å². The smallest absolute Gasteiger partial charge is 0.0474 e. The molecule has 2 N–H and O–H groups in total. The highest BCUT2D eigenvalue weighted by Crippen LogP contribution is 2.27. The van der Waals surface area contributed by atoms with Crippen molar-refractivity contribution in [3.63, 3.8) is 0 Å². The Morgan fingerprint density at radius 1 is 1.14 bits per heavy atom. The molecule has 0 aliphatic rings. The Morgan fingerprint density at radius 3 is 2.29 bits per heavy atom. The fourth-order valence-corrected chi connectivity index (χ4v) is 2.97. The fourth-order valence-electron chi connectivity index (χ4n) is 2.43. The van der Waals surface area contributed by atoms with E-state index in [1.54, 1.807) is 18.5 Å². The van der Waals surface area contributed by atoms with E-state index in [0.29, 0.717) is 16.6 Å². The van der Waals surface area contributed by atoms with E-state index < -0.39 is 0 Å². The van der Waals surface area contributed by atoms with E-state index >= 15 is 0 Å². The number of likely N-dealkylation sites (N-methyl/N-ethyl adjacent to an activating group) is 1. The summed E-state index contributed by atoms with van der Waals surface area (Å²) in [6, 6.07) is 9.71. The summed E-state index contributed by atoms with van der Waals surface area (Å²) in [5, 5.41) is 1.27. The summed E-state index contributed by atoms with van der Waals surface area (Å²) in [5.74, 6) is 0. The summed E-state index contributed by atoms with van der Waals surface area (Å²) in [6.07, 6.45) is 3.60. The van der Waals surface area contributed by atoms with Gasteiger partial charge in [-0.05, 0) is 48.0 Å². The first-order valence-corrected chi connectivity index (χ1v) is 7.68. The summed E-state index contributed by atoms with van der Waals surface area (Å²) < 4.78 is 0. The van der Waals surface area contributed by atoms with Crippen molar-refractivity contribution in [2.75, 3.05) is 13.1 Å². The number of benzene rings is 1. The molecular weight excluding hydrogens is 305 g/mol. The second-order valence-corrected chi connectivity index (χ2v) is 5.75. The molecule has 0 radical (unpaired) electrons. The Morgan fingerprint density at radius 2 is 1.76 bits per heavy atom. The number of aromatic nitrogens is 1. The molecule has 0 fully saturated rings. The molecule has 3 nitrogen and oxygen atoms in total. The third kappa shape index (κ3) is 4.42. The molecule has 1 aromatic carbocycles. The van der Waals surface area contributed by atoms with Crippen LogP contribution in [0.1, 0.15) is 24.1 Å². The van der Waals surface area contributed by atoms with Crippen molar-refractivity contribution >= 4 is 23.2 Å². The molecule has 2 rings (SSSR count). The van der Waals surface area contributed by atoms with Gasteiger partial charge >= 0.3 is 0 Å². The Bertz CT molecular complexity index is 555. The van der Waals surface area contributed by atoms with E-state index in [1.807, 2.05) is 24.3 Å². The zero-order valence-electron chi connectivity index (χ0n) is 12.0. The van der Waals surface area contributed by atoms with Crippen LogP contribution in [-0.2, 0) is 6.54 Å². The first-order chi connectivity index (χ1) is 10.1. The fraction of sp³-hybridized carbons (Fsp3) is 0.312. The van der Waals surface area contributed by atoms with Gasteiger partial charge in [-0.2, -0.15) is 0 Å². The van der Waals surface area contributed by atoms with Crippen molar-refractivity contribution in [1.29, 1.82) is 0 Å². The van der Waals surface area contributed by atoms with Crippen LogP contribution >= 0.6 is 23.2 Å². The number of rotatable bonds is 6. The summed E-state index contributed by atoms with van der Waals surface area (Å²) in [4.78, 5) is 6.35. The molecule has 1 heterocycles. The van der Waals surface area contributed by atoms with Gasteiger partial charge in [0.25, 0.3) is 0 Å². The molecule has 0 spiro atoms. The van der Waals surface area contributed by atoms with Gasteiger partial charge in [-0.15, -0.1) is 0 Å². The first-order valence-electron chi connectivity index (χ1n) is 6.93. The lowest BCUT2D eigenvalue weighted by molar-refractivity contribution is 0.203. The number of nitrogens with zero attached hydrogens (tertiary/aromatic N) is 2. The minimum Gasteiger partial charge on any atom is -0.329 e. The van der Waals surface area contributed by atoms with Crippen LogP contribution in [-0.4, -0.2) is 23.0 Å². The van der Waals surface area contributed by atoms with Crippen LogP contribution in [0.2, 0.25) is 10.0 Å². The molecule has 21 heavy (non-hydrogen) atoms. The lowest BCUT2D eigenvalue weighted by Crippen LogP contribution is -2.33. The highest BCUT2D eigenvalue weighted by molar-refractivity contribution is 6.34. The van der Waals surface area contributed by atoms with Crippen LogP contribution in [0.25, 0.3) is 0 Å². The Labute approximate surface area is 135 Å². The van der Waals surface area contributed by atoms with Gasteiger partial charge in [0.15, 0.2) is 0 Å². The molecule has 1 unspecified atom stereocenters. The summed E-state index contributed by atoms with van der Waals surface area (Å²) in [7, 11) is 0. The zero-order chi connectivity index (χ0) is 15.2. The standard InChI is InChI=1S/C16H19Cl2N3/c1-2-21(11-12-3-5-20-6-4-12)16(10-19)13-7-14(17)9-15(18)8-13/h3-9,16H,2,10-11,19H2,1H3. The van der Waals surface area contributed by atoms with E-state index in [2.05, 4.69) is 16.8 Å². The SMILES string of the molecule is CCN(Cc1ccncc1)C(CN)c1cc(Cl)cc(Cl)c1. The molecule has 0 aliphatic heterocycles. The predicted molar refractivity (Wildman–Crippen MR) is 88.6 cm³/mol. The number of hydrogen-bond donors (Lipinski definition) is 1. The molecular formula is C16H19Cl2N3. The van der Waals surface area contributed by atoms with Gasteiger partial charge in [-0.25, -0.2) is 0 Å². The third-order valence-corrected chi connectivity index (χ3v) is 3.91. The third-order valence-electron chi connectivity index (χ3n) is 3.47. The maximum atomic E-state index is 6.11. The molecule has 2 aromatic rings. The molecule has 1 atom stereocenters. The molecule has 1 aromatic heterocycles. The monoisotopic (exact) mass is 323 g/mol. The largest absolute Gasteiger partial charge is 0.329 e. The van der Waals surface area contributed by atoms with Crippen LogP contribution in [0.5, 0.6) is 0 Å². The Balaban J connectivity index is 2.24. The topological polar surface area (TPSA) is 42.2 Å². The van der Waals surface area contributed by atoms with Crippen molar-refractivity contribution in [3.8, 4) is 0 Å². The van der Waals surface area contributed by atoms with Crippen LogP contribution in [0.3, 0.4) is 0 Å². The number of pyridine rings is 1. The van der Waals surface area contributed by atoms with E-state index in [4.69, 9.17) is 28.9 Å². The van der Waals surface area contributed by atoms with Gasteiger partial charge in [0.2, 0.25) is 0 Å². The quantitative estimate of drug-likeness (QED) is 0.876. The number of nitrogens with two attached hydrogens (primary N) is 1. The average Bonchev–Trinajstić information content (AvgIpc) is 2.47. The highest BCUT2D eigenvalue weighted by atomic mass is 35.5. The molecule has 0 bridgehead atoms. The Hall–Kier alpha value is -1.13. The maximum absolute atomic E-state index is 6.11. The van der Waals surface area contributed by atoms with E-state index in [-0.39, 0.29) is 6.04 Å². The zero-order valence-corrected chi connectivity index (χ0v) is 13.5. The minimum atomic E-state index is 0.0827. The van der Waals surface area contributed by atoms with E-state index in [0.717, 1.165) is 18.7 Å². The molecule has 0 amide bonds. The number of hydrogen-bond acceptors (Lipinski definition) is 3. The van der Waals surface area contributed by atoms with Crippen molar-refractivity contribution in [3.05, 3.63) is 63.9 Å². The van der Waals surface area contributed by atoms with Gasteiger partial charge in [0, 0.05) is 41.6 Å². The molecule has 0 saturated carbocycles. The second kappa shape index (κ2) is 7.76. The first kappa shape index (κ1) is 16.2. The lowest BCUT2D eigenvalue weighted by atomic mass is 10.0. The van der Waals surface area contributed by atoms with E-state index in [1.165, 1.54) is 5.56 Å². The van der Waals surface area contributed by atoms with Crippen molar-refractivity contribution in [2.24, 2.45) is 5.73 Å². The van der Waals surface area contributed by atoms with Crippen LogP contribution in [0.4, 0.5) is 0 Å². The van der Waals surface area contributed by atoms with Gasteiger partial charge in [-0.3, -0.25) is 9.88 Å². The maximum Gasteiger partial charge on any atom is 0.0474 e. The van der Waals surface area contributed by atoms with Crippen molar-refractivity contribution in [1.82, 2.24) is 9.88 Å². The van der Waals surface area contributed by atoms with Crippen molar-refractivity contribution in [2.45, 2.75) is 19.5 Å². The van der Waals surface area contributed by atoms with Gasteiger partial charge in [0.1, 0.15) is 0 Å². The summed E-state index contributed by atoms with van der Waals surface area (Å²) in [5.41, 5.74) is 8.25. The molecule has 5 heteroatoms. The van der Waals surface area contributed by atoms with Crippen LogP contribution < -0.4 is 5.73 Å². The van der Waals surface area contributed by atoms with Crippen LogP contribution in [0, 0.1) is 0 Å². The molecule has 0 saturated heterocycles. The second-order valence-electron chi connectivity index (χ2n) is 4.87. The normalized spacial score (nSPS) is 12.6. The summed E-state index contributed by atoms with van der Waals surface area (Å²) >= 11 is 12.2. The Kier molecular flexibility index (Phi) is 6.00. The summed E-state index contributed by atoms with van der Waals surface area (Å²) in [6.45, 7) is 4.32. The minimum absolute atomic E-state index is 0.0827. The average molecular weight is 324 g/mol. The predicted octanol–water partition coefficient (Wildman–Crippen LogP) is 3.91. The van der Waals surface area contributed by atoms with Gasteiger partial charge < -0.3 is 5.73 Å². The molecule has 0 aliphatic carbocycles. The highest BCUT2D eigenvalue weighted by Gasteiger charge is 2.19.